The van der Waals surface area contributed by atoms with Gasteiger partial charge in [-0.15, -0.1) is 0 Å². The molecule has 1 aromatic rings. The average molecular weight is 265 g/mol. The molecule has 1 heterocycles. The van der Waals surface area contributed by atoms with Crippen LogP contribution < -0.4 is 10.6 Å². The first-order chi connectivity index (χ1) is 9.16. The lowest BCUT2D eigenvalue weighted by molar-refractivity contribution is -0.123. The van der Waals surface area contributed by atoms with Gasteiger partial charge in [-0.2, -0.15) is 0 Å². The first kappa shape index (κ1) is 14.0. The van der Waals surface area contributed by atoms with Gasteiger partial charge in [0.15, 0.2) is 0 Å². The highest BCUT2D eigenvalue weighted by molar-refractivity contribution is 5.78. The number of benzene rings is 1. The Morgan fingerprint density at radius 2 is 2.32 bits per heavy atom. The topological polar surface area (TPSA) is 44.4 Å². The summed E-state index contributed by atoms with van der Waals surface area (Å²) in [5.74, 6) is -0.338. The monoisotopic (exact) mass is 265 g/mol. The van der Waals surface area contributed by atoms with E-state index in [2.05, 4.69) is 22.5 Å². The van der Waals surface area contributed by atoms with Crippen molar-refractivity contribution >= 4 is 5.91 Å². The summed E-state index contributed by atoms with van der Waals surface area (Å²) in [5, 5.41) is 6.05. The molecule has 1 aliphatic rings. The quantitative estimate of drug-likeness (QED) is 0.844. The third-order valence-corrected chi connectivity index (χ3v) is 3.42. The van der Waals surface area contributed by atoms with E-state index in [0.29, 0.717) is 18.2 Å². The maximum absolute atomic E-state index is 13.4. The number of hydrogen-bond acceptors (Lipinski definition) is 3. The van der Waals surface area contributed by atoms with Crippen molar-refractivity contribution in [2.75, 3.05) is 26.2 Å². The van der Waals surface area contributed by atoms with E-state index >= 15 is 0 Å². The molecule has 0 spiro atoms. The van der Waals surface area contributed by atoms with Crippen molar-refractivity contribution in [3.63, 3.8) is 0 Å². The van der Waals surface area contributed by atoms with Gasteiger partial charge < -0.3 is 10.6 Å². The Hall–Kier alpha value is -1.46. The van der Waals surface area contributed by atoms with Crippen molar-refractivity contribution in [3.8, 4) is 0 Å². The van der Waals surface area contributed by atoms with Gasteiger partial charge >= 0.3 is 0 Å². The fourth-order valence-corrected chi connectivity index (χ4v) is 2.19. The summed E-state index contributed by atoms with van der Waals surface area (Å²) in [6.07, 6.45) is 0. The maximum atomic E-state index is 13.4. The first-order valence-corrected chi connectivity index (χ1v) is 6.61. The molecular formula is C14H20FN3O. The van der Waals surface area contributed by atoms with Gasteiger partial charge in [-0.05, 0) is 13.0 Å². The standard InChI is InChI=1S/C14H20FN3O/c1-11-8-16-6-7-18(11)10-14(19)17-9-12-4-2-3-5-13(12)15/h2-5,11,16H,6-10H2,1H3,(H,17,19)/t11-/m1/s1. The summed E-state index contributed by atoms with van der Waals surface area (Å²) in [6, 6.07) is 6.85. The number of carbonyl (C=O) groups is 1. The third-order valence-electron chi connectivity index (χ3n) is 3.42. The molecule has 2 rings (SSSR count). The van der Waals surface area contributed by atoms with Crippen LogP contribution in [0.4, 0.5) is 4.39 Å². The number of hydrogen-bond donors (Lipinski definition) is 2. The number of rotatable bonds is 4. The van der Waals surface area contributed by atoms with E-state index in [1.54, 1.807) is 18.2 Å². The summed E-state index contributed by atoms with van der Waals surface area (Å²) in [6.45, 7) is 5.39. The smallest absolute Gasteiger partial charge is 0.234 e. The van der Waals surface area contributed by atoms with Crippen LogP contribution in [0.2, 0.25) is 0 Å². The predicted octanol–water partition coefficient (Wildman–Crippen LogP) is 0.736. The van der Waals surface area contributed by atoms with Crippen molar-refractivity contribution in [1.29, 1.82) is 0 Å². The van der Waals surface area contributed by atoms with Crippen molar-refractivity contribution in [2.24, 2.45) is 0 Å². The highest BCUT2D eigenvalue weighted by Gasteiger charge is 2.20. The van der Waals surface area contributed by atoms with Crippen molar-refractivity contribution in [2.45, 2.75) is 19.5 Å². The molecule has 1 saturated heterocycles. The lowest BCUT2D eigenvalue weighted by atomic mass is 10.2. The van der Waals surface area contributed by atoms with E-state index < -0.39 is 0 Å². The van der Waals surface area contributed by atoms with E-state index in [9.17, 15) is 9.18 Å². The summed E-state index contributed by atoms with van der Waals surface area (Å²) in [4.78, 5) is 14.0. The SMILES string of the molecule is C[C@@H]1CNCCN1CC(=O)NCc1ccccc1F. The molecule has 2 N–H and O–H groups in total. The minimum atomic E-state index is -0.279. The number of nitrogens with zero attached hydrogens (tertiary/aromatic N) is 1. The number of amides is 1. The molecule has 0 unspecified atom stereocenters. The Balaban J connectivity index is 1.80. The van der Waals surface area contributed by atoms with Crippen LogP contribution in [0.3, 0.4) is 0 Å². The Morgan fingerprint density at radius 3 is 3.05 bits per heavy atom. The molecule has 0 aromatic heterocycles. The highest BCUT2D eigenvalue weighted by atomic mass is 19.1. The summed E-state index contributed by atoms with van der Waals surface area (Å²) in [7, 11) is 0. The summed E-state index contributed by atoms with van der Waals surface area (Å²) in [5.41, 5.74) is 0.518. The van der Waals surface area contributed by atoms with E-state index in [-0.39, 0.29) is 18.3 Å². The molecule has 0 aliphatic carbocycles. The van der Waals surface area contributed by atoms with Gasteiger partial charge in [-0.3, -0.25) is 9.69 Å². The van der Waals surface area contributed by atoms with Gasteiger partial charge in [-0.25, -0.2) is 4.39 Å². The van der Waals surface area contributed by atoms with Gasteiger partial charge in [0.25, 0.3) is 0 Å². The van der Waals surface area contributed by atoms with Crippen LogP contribution >= 0.6 is 0 Å². The van der Waals surface area contributed by atoms with Gasteiger partial charge in [0.05, 0.1) is 6.54 Å². The zero-order chi connectivity index (χ0) is 13.7. The second-order valence-corrected chi connectivity index (χ2v) is 4.89. The fourth-order valence-electron chi connectivity index (χ4n) is 2.19. The van der Waals surface area contributed by atoms with Crippen molar-refractivity contribution in [3.05, 3.63) is 35.6 Å². The summed E-state index contributed by atoms with van der Waals surface area (Å²) >= 11 is 0. The Kier molecular flexibility index (Phi) is 4.87. The average Bonchev–Trinajstić information content (AvgIpc) is 2.40. The molecule has 0 saturated carbocycles. The lowest BCUT2D eigenvalue weighted by Crippen LogP contribution is -2.52. The molecule has 1 aliphatic heterocycles. The Labute approximate surface area is 113 Å². The fraction of sp³-hybridized carbons (Fsp3) is 0.500. The Morgan fingerprint density at radius 1 is 1.53 bits per heavy atom. The molecular weight excluding hydrogens is 245 g/mol. The van der Waals surface area contributed by atoms with Crippen molar-refractivity contribution in [1.82, 2.24) is 15.5 Å². The second kappa shape index (κ2) is 6.63. The third kappa shape index (κ3) is 4.01. The number of carbonyl (C=O) groups excluding carboxylic acids is 1. The molecule has 4 nitrogen and oxygen atoms in total. The van der Waals surface area contributed by atoms with E-state index in [1.165, 1.54) is 6.07 Å². The second-order valence-electron chi connectivity index (χ2n) is 4.89. The van der Waals surface area contributed by atoms with Gasteiger partial charge in [0.1, 0.15) is 5.82 Å². The minimum absolute atomic E-state index is 0.0583. The predicted molar refractivity (Wildman–Crippen MR) is 72.2 cm³/mol. The van der Waals surface area contributed by atoms with Gasteiger partial charge in [0.2, 0.25) is 5.91 Å². The minimum Gasteiger partial charge on any atom is -0.351 e. The normalized spacial score (nSPS) is 20.2. The number of piperazine rings is 1. The molecule has 0 radical (unpaired) electrons. The van der Waals surface area contributed by atoms with Gasteiger partial charge in [0, 0.05) is 37.8 Å². The van der Waals surface area contributed by atoms with E-state index in [0.717, 1.165) is 19.6 Å². The Bertz CT molecular complexity index is 438. The number of halogens is 1. The van der Waals surface area contributed by atoms with Crippen LogP contribution in [-0.2, 0) is 11.3 Å². The molecule has 5 heteroatoms. The molecule has 1 aromatic carbocycles. The van der Waals surface area contributed by atoms with Crippen LogP contribution in [0.15, 0.2) is 24.3 Å². The number of nitrogens with one attached hydrogen (secondary N) is 2. The largest absolute Gasteiger partial charge is 0.351 e. The zero-order valence-electron chi connectivity index (χ0n) is 11.2. The van der Waals surface area contributed by atoms with Crippen LogP contribution in [0.25, 0.3) is 0 Å². The molecule has 1 fully saturated rings. The summed E-state index contributed by atoms with van der Waals surface area (Å²) < 4.78 is 13.4. The zero-order valence-corrected chi connectivity index (χ0v) is 11.2. The molecule has 0 bridgehead atoms. The van der Waals surface area contributed by atoms with Crippen molar-refractivity contribution < 1.29 is 9.18 Å². The lowest BCUT2D eigenvalue weighted by Gasteiger charge is -2.33. The van der Waals surface area contributed by atoms with Crippen LogP contribution in [0.5, 0.6) is 0 Å². The first-order valence-electron chi connectivity index (χ1n) is 6.61. The van der Waals surface area contributed by atoms with E-state index in [1.807, 2.05) is 0 Å². The molecule has 104 valence electrons. The molecule has 19 heavy (non-hydrogen) atoms. The molecule has 1 amide bonds. The van der Waals surface area contributed by atoms with Crippen LogP contribution in [0.1, 0.15) is 12.5 Å². The molecule has 1 atom stereocenters. The van der Waals surface area contributed by atoms with Gasteiger partial charge in [-0.1, -0.05) is 18.2 Å². The maximum Gasteiger partial charge on any atom is 0.234 e. The highest BCUT2D eigenvalue weighted by Crippen LogP contribution is 2.06. The van der Waals surface area contributed by atoms with Crippen LogP contribution in [0, 0.1) is 5.82 Å². The van der Waals surface area contributed by atoms with E-state index in [4.69, 9.17) is 0 Å². The van der Waals surface area contributed by atoms with Crippen LogP contribution in [-0.4, -0.2) is 43.0 Å².